The Bertz CT molecular complexity index is 938. The van der Waals surface area contributed by atoms with Crippen LogP contribution in [0.25, 0.3) is 11.3 Å². The van der Waals surface area contributed by atoms with Crippen LogP contribution >= 0.6 is 11.6 Å². The van der Waals surface area contributed by atoms with Gasteiger partial charge >= 0.3 is 0 Å². The summed E-state index contributed by atoms with van der Waals surface area (Å²) in [6.07, 6.45) is 0.0877. The van der Waals surface area contributed by atoms with Gasteiger partial charge in [-0.3, -0.25) is 4.90 Å². The third-order valence-electron chi connectivity index (χ3n) is 5.07. The molecule has 0 saturated carbocycles. The van der Waals surface area contributed by atoms with Crippen LogP contribution in [0.3, 0.4) is 0 Å². The summed E-state index contributed by atoms with van der Waals surface area (Å²) in [6, 6.07) is 11.2. The van der Waals surface area contributed by atoms with Crippen LogP contribution in [-0.2, 0) is 4.74 Å². The number of benzene rings is 1. The average molecular weight is 400 g/mol. The van der Waals surface area contributed by atoms with Crippen LogP contribution in [0.1, 0.15) is 12.0 Å². The summed E-state index contributed by atoms with van der Waals surface area (Å²) in [5, 5.41) is 11.0. The smallest absolute Gasteiger partial charge is 0.155 e. The highest BCUT2D eigenvalue weighted by Crippen LogP contribution is 2.28. The maximum atomic E-state index is 10.7. The van der Waals surface area contributed by atoms with Crippen molar-refractivity contribution in [2.75, 3.05) is 26.8 Å². The lowest BCUT2D eigenvalue weighted by molar-refractivity contribution is -0.0796. The van der Waals surface area contributed by atoms with Gasteiger partial charge in [0.2, 0.25) is 0 Å². The van der Waals surface area contributed by atoms with E-state index in [-0.39, 0.29) is 6.10 Å². The number of halogens is 1. The zero-order chi connectivity index (χ0) is 19.7. The van der Waals surface area contributed by atoms with Crippen LogP contribution in [0, 0.1) is 11.8 Å². The number of nitrogens with zero attached hydrogens (tertiary/aromatic N) is 2. The summed E-state index contributed by atoms with van der Waals surface area (Å²) in [4.78, 5) is 6.30. The molecule has 2 saturated heterocycles. The van der Waals surface area contributed by atoms with Crippen molar-refractivity contribution in [1.29, 1.82) is 0 Å². The topological polar surface area (TPSA) is 80.8 Å². The van der Waals surface area contributed by atoms with Crippen LogP contribution in [0.15, 0.2) is 36.4 Å². The maximum Gasteiger partial charge on any atom is 0.155 e. The molecule has 4 rings (SSSR count). The van der Waals surface area contributed by atoms with Crippen LogP contribution < -0.4 is 10.5 Å². The Hall–Kier alpha value is -2.14. The first-order valence-corrected chi connectivity index (χ1v) is 9.54. The van der Waals surface area contributed by atoms with Gasteiger partial charge in [-0.15, -0.1) is 0 Å². The molecule has 2 aliphatic rings. The van der Waals surface area contributed by atoms with Crippen molar-refractivity contribution < 1.29 is 14.6 Å². The molecule has 3 N–H and O–H groups in total. The molecule has 6 nitrogen and oxygen atoms in total. The minimum absolute atomic E-state index is 0.0537. The highest BCUT2D eigenvalue weighted by molar-refractivity contribution is 6.29. The van der Waals surface area contributed by atoms with Crippen molar-refractivity contribution in [2.24, 2.45) is 5.73 Å². The first-order valence-electron chi connectivity index (χ1n) is 9.17. The molecule has 1 unspecified atom stereocenters. The van der Waals surface area contributed by atoms with Crippen molar-refractivity contribution >= 4 is 11.6 Å². The predicted molar refractivity (Wildman–Crippen MR) is 107 cm³/mol. The molecule has 3 heterocycles. The number of hydrogen-bond acceptors (Lipinski definition) is 6. The standard InChI is InChI=1S/C21H22ClN3O3/c1-25-8-7-21(26,20(25)23)6-5-14-3-2-4-15(9-14)18-10-16(11-19(22)24-18)28-17-12-27-13-17/h2-4,9-11,17,20,26H,7-8,12-13,23H2,1H3/t20?,21-/m0/s1. The molecule has 0 aliphatic carbocycles. The second-order valence-corrected chi connectivity index (χ2v) is 7.61. The lowest BCUT2D eigenvalue weighted by Crippen LogP contribution is -2.48. The molecule has 2 aliphatic heterocycles. The Morgan fingerprint density at radius 1 is 1.36 bits per heavy atom. The van der Waals surface area contributed by atoms with E-state index >= 15 is 0 Å². The Morgan fingerprint density at radius 2 is 2.18 bits per heavy atom. The Morgan fingerprint density at radius 3 is 2.86 bits per heavy atom. The fourth-order valence-corrected chi connectivity index (χ4v) is 3.43. The molecule has 1 aromatic heterocycles. The normalized spacial score (nSPS) is 25.1. The van der Waals surface area contributed by atoms with E-state index in [0.29, 0.717) is 42.8 Å². The number of aliphatic hydroxyl groups is 1. The molecule has 7 heteroatoms. The van der Waals surface area contributed by atoms with Gasteiger partial charge in [-0.05, 0) is 19.2 Å². The molecule has 0 bridgehead atoms. The highest BCUT2D eigenvalue weighted by Gasteiger charge is 2.41. The molecule has 0 radical (unpaired) electrons. The van der Waals surface area contributed by atoms with Crippen LogP contribution in [-0.4, -0.2) is 59.7 Å². The van der Waals surface area contributed by atoms with Crippen LogP contribution in [0.2, 0.25) is 5.15 Å². The summed E-state index contributed by atoms with van der Waals surface area (Å²) in [6.45, 7) is 1.88. The molecular formula is C21H22ClN3O3. The van der Waals surface area contributed by atoms with E-state index in [9.17, 15) is 5.11 Å². The Labute approximate surface area is 169 Å². The summed E-state index contributed by atoms with van der Waals surface area (Å²) in [5.41, 5.74) is 7.18. The third-order valence-corrected chi connectivity index (χ3v) is 5.26. The second kappa shape index (κ2) is 7.70. The van der Waals surface area contributed by atoms with Crippen molar-refractivity contribution in [2.45, 2.75) is 24.3 Å². The molecule has 1 aromatic carbocycles. The van der Waals surface area contributed by atoms with E-state index in [0.717, 1.165) is 11.1 Å². The lowest BCUT2D eigenvalue weighted by Gasteiger charge is -2.26. The lowest BCUT2D eigenvalue weighted by atomic mass is 10.00. The van der Waals surface area contributed by atoms with E-state index in [1.165, 1.54) is 0 Å². The molecule has 2 aromatic rings. The van der Waals surface area contributed by atoms with E-state index in [1.807, 2.05) is 42.3 Å². The van der Waals surface area contributed by atoms with Gasteiger partial charge in [-0.1, -0.05) is 35.6 Å². The minimum Gasteiger partial charge on any atom is -0.485 e. The van der Waals surface area contributed by atoms with Gasteiger partial charge in [-0.2, -0.15) is 0 Å². The summed E-state index contributed by atoms with van der Waals surface area (Å²) < 4.78 is 11.0. The number of pyridine rings is 1. The maximum absolute atomic E-state index is 10.7. The van der Waals surface area contributed by atoms with Gasteiger partial charge in [0, 0.05) is 36.2 Å². The molecule has 0 amide bonds. The molecule has 0 spiro atoms. The predicted octanol–water partition coefficient (Wildman–Crippen LogP) is 1.88. The Kier molecular flexibility index (Phi) is 5.28. The Balaban J connectivity index is 1.59. The van der Waals surface area contributed by atoms with Gasteiger partial charge in [0.1, 0.15) is 17.0 Å². The van der Waals surface area contributed by atoms with E-state index < -0.39 is 11.8 Å². The van der Waals surface area contributed by atoms with Crippen molar-refractivity contribution in [3.8, 4) is 28.8 Å². The quantitative estimate of drug-likeness (QED) is 0.606. The fourth-order valence-electron chi connectivity index (χ4n) is 3.24. The number of rotatable bonds is 3. The minimum atomic E-state index is -1.20. The molecule has 146 valence electrons. The largest absolute Gasteiger partial charge is 0.485 e. The number of nitrogens with two attached hydrogens (primary N) is 1. The van der Waals surface area contributed by atoms with Gasteiger partial charge in [-0.25, -0.2) is 4.98 Å². The molecule has 2 fully saturated rings. The monoisotopic (exact) mass is 399 g/mol. The number of aromatic nitrogens is 1. The molecular weight excluding hydrogens is 378 g/mol. The highest BCUT2D eigenvalue weighted by atomic mass is 35.5. The zero-order valence-electron chi connectivity index (χ0n) is 15.6. The first-order chi connectivity index (χ1) is 13.4. The van der Waals surface area contributed by atoms with E-state index in [1.54, 1.807) is 6.07 Å². The van der Waals surface area contributed by atoms with Gasteiger partial charge in [0.25, 0.3) is 0 Å². The summed E-state index contributed by atoms with van der Waals surface area (Å²) in [7, 11) is 1.88. The van der Waals surface area contributed by atoms with Crippen molar-refractivity contribution in [1.82, 2.24) is 9.88 Å². The first kappa shape index (κ1) is 19.2. The number of likely N-dealkylation sites (N-methyl/N-ethyl adjacent to an activating group) is 1. The zero-order valence-corrected chi connectivity index (χ0v) is 16.3. The fraction of sp³-hybridized carbons (Fsp3) is 0.381. The summed E-state index contributed by atoms with van der Waals surface area (Å²) in [5.74, 6) is 6.66. The number of likely N-dealkylation sites (tertiary alicyclic amines) is 1. The van der Waals surface area contributed by atoms with Crippen LogP contribution in [0.5, 0.6) is 5.75 Å². The number of hydrogen-bond donors (Lipinski definition) is 2. The average Bonchev–Trinajstić information content (AvgIpc) is 2.91. The van der Waals surface area contributed by atoms with Gasteiger partial charge < -0.3 is 20.3 Å². The molecule has 2 atom stereocenters. The van der Waals surface area contributed by atoms with Gasteiger partial charge in [0.15, 0.2) is 5.60 Å². The second-order valence-electron chi connectivity index (χ2n) is 7.22. The summed E-state index contributed by atoms with van der Waals surface area (Å²) >= 11 is 6.18. The van der Waals surface area contributed by atoms with Crippen molar-refractivity contribution in [3.63, 3.8) is 0 Å². The van der Waals surface area contributed by atoms with Gasteiger partial charge in [0.05, 0.1) is 25.1 Å². The third kappa shape index (κ3) is 4.00. The van der Waals surface area contributed by atoms with Crippen molar-refractivity contribution in [3.05, 3.63) is 47.1 Å². The van der Waals surface area contributed by atoms with E-state index in [2.05, 4.69) is 16.8 Å². The van der Waals surface area contributed by atoms with E-state index in [4.69, 9.17) is 26.8 Å². The number of ether oxygens (including phenoxy) is 2. The SMILES string of the molecule is CN1CC[C@@](O)(C#Cc2cccc(-c3cc(OC4COC4)cc(Cl)n3)c2)C1N. The van der Waals surface area contributed by atoms with Crippen LogP contribution in [0.4, 0.5) is 0 Å². The molecule has 28 heavy (non-hydrogen) atoms.